The lowest BCUT2D eigenvalue weighted by molar-refractivity contribution is -0.106. The Morgan fingerprint density at radius 3 is 2.30 bits per heavy atom. The molecule has 4 N–H and O–H groups in total. The topological polar surface area (TPSA) is 117 Å². The molecule has 0 radical (unpaired) electrons. The number of piperidine rings is 1. The highest BCUT2D eigenvalue weighted by atomic mass is 19.3. The van der Waals surface area contributed by atoms with E-state index in [2.05, 4.69) is 60.1 Å². The predicted octanol–water partition coefficient (Wildman–Crippen LogP) is 6.17. The molecule has 0 bridgehead atoms. The number of primary amides is 1. The van der Waals surface area contributed by atoms with Gasteiger partial charge in [0.15, 0.2) is 0 Å². The number of nitrogens with two attached hydrogens (primary N) is 2. The van der Waals surface area contributed by atoms with E-state index >= 15 is 0 Å². The third-order valence-corrected chi connectivity index (χ3v) is 7.77. The maximum absolute atomic E-state index is 14.1. The summed E-state index contributed by atoms with van der Waals surface area (Å²) in [6.45, 7) is 10.0. The van der Waals surface area contributed by atoms with Gasteiger partial charge >= 0.3 is 0 Å². The first-order valence-electron chi connectivity index (χ1n) is 15.4. The van der Waals surface area contributed by atoms with Crippen molar-refractivity contribution in [1.29, 1.82) is 0 Å². The van der Waals surface area contributed by atoms with Crippen molar-refractivity contribution in [3.05, 3.63) is 89.9 Å². The second-order valence-corrected chi connectivity index (χ2v) is 11.8. The minimum absolute atomic E-state index is 0.149. The maximum atomic E-state index is 14.1. The van der Waals surface area contributed by atoms with Crippen LogP contribution in [0.25, 0.3) is 33.5 Å². The Hall–Kier alpha value is -4.25. The number of carbonyl (C=O) groups is 1. The molecule has 2 aromatic heterocycles. The summed E-state index contributed by atoms with van der Waals surface area (Å²) in [6.07, 6.45) is 3.95. The van der Waals surface area contributed by atoms with E-state index in [1.807, 2.05) is 56.3 Å². The summed E-state index contributed by atoms with van der Waals surface area (Å²) in [7, 11) is 0. The SMILES string of the molecule is Cc1ccc(-c2cc(CN3CCC(F)(F)C(N)C3)cc(-c3cc(-c4ccc(OCCOC(C)C)cc4)c(C)cn3)c2)cn1.NC=O. The van der Waals surface area contributed by atoms with Gasteiger partial charge < -0.3 is 20.9 Å². The molecule has 1 unspecified atom stereocenters. The highest BCUT2D eigenvalue weighted by molar-refractivity contribution is 5.77. The molecule has 1 saturated heterocycles. The number of pyridine rings is 2. The van der Waals surface area contributed by atoms with Gasteiger partial charge in [0.2, 0.25) is 6.41 Å². The van der Waals surface area contributed by atoms with Crippen LogP contribution in [0.4, 0.5) is 8.78 Å². The quantitative estimate of drug-likeness (QED) is 0.159. The number of alkyl halides is 2. The van der Waals surface area contributed by atoms with E-state index in [0.717, 1.165) is 56.1 Å². The monoisotopic (exact) mass is 631 g/mol. The van der Waals surface area contributed by atoms with E-state index in [-0.39, 0.29) is 25.5 Å². The molecule has 5 rings (SSSR count). The highest BCUT2D eigenvalue weighted by Crippen LogP contribution is 2.33. The first-order valence-corrected chi connectivity index (χ1v) is 15.4. The van der Waals surface area contributed by atoms with Crippen LogP contribution in [-0.4, -0.2) is 65.6 Å². The molecule has 1 atom stereocenters. The van der Waals surface area contributed by atoms with Crippen LogP contribution in [0.3, 0.4) is 0 Å². The zero-order valence-electron chi connectivity index (χ0n) is 26.9. The Labute approximate surface area is 269 Å². The smallest absolute Gasteiger partial charge is 0.265 e. The van der Waals surface area contributed by atoms with Crippen LogP contribution >= 0.6 is 0 Å². The van der Waals surface area contributed by atoms with Crippen LogP contribution in [0.2, 0.25) is 0 Å². The maximum Gasteiger partial charge on any atom is 0.265 e. The third-order valence-electron chi connectivity index (χ3n) is 7.77. The van der Waals surface area contributed by atoms with Gasteiger partial charge in [-0.3, -0.25) is 19.7 Å². The van der Waals surface area contributed by atoms with Gasteiger partial charge in [0.25, 0.3) is 5.92 Å². The van der Waals surface area contributed by atoms with Crippen LogP contribution in [0.15, 0.2) is 73.1 Å². The summed E-state index contributed by atoms with van der Waals surface area (Å²) < 4.78 is 39.5. The fourth-order valence-electron chi connectivity index (χ4n) is 5.30. The molecule has 1 amide bonds. The number of halogens is 2. The van der Waals surface area contributed by atoms with Crippen LogP contribution in [0, 0.1) is 13.8 Å². The average molecular weight is 632 g/mol. The van der Waals surface area contributed by atoms with Gasteiger partial charge in [-0.2, -0.15) is 0 Å². The molecule has 244 valence electrons. The fraction of sp³-hybridized carbons (Fsp3) is 0.361. The molecule has 4 aromatic rings. The van der Waals surface area contributed by atoms with Gasteiger partial charge in [0.1, 0.15) is 12.4 Å². The number of nitrogens with zero attached hydrogens (tertiary/aromatic N) is 3. The Bertz CT molecular complexity index is 1580. The van der Waals surface area contributed by atoms with Gasteiger partial charge in [0, 0.05) is 55.3 Å². The molecule has 1 aliphatic heterocycles. The van der Waals surface area contributed by atoms with E-state index in [1.54, 1.807) is 0 Å². The molecule has 2 aromatic carbocycles. The lowest BCUT2D eigenvalue weighted by Gasteiger charge is -2.36. The van der Waals surface area contributed by atoms with Crippen LogP contribution in [0.5, 0.6) is 5.75 Å². The van der Waals surface area contributed by atoms with Crippen molar-refractivity contribution in [1.82, 2.24) is 14.9 Å². The second kappa shape index (κ2) is 15.8. The van der Waals surface area contributed by atoms with Crippen molar-refractivity contribution in [2.45, 2.75) is 58.7 Å². The van der Waals surface area contributed by atoms with E-state index in [9.17, 15) is 8.78 Å². The second-order valence-electron chi connectivity index (χ2n) is 11.8. The molecule has 3 heterocycles. The first-order chi connectivity index (χ1) is 22.0. The molecule has 10 heteroatoms. The summed E-state index contributed by atoms with van der Waals surface area (Å²) in [5, 5.41) is 0. The molecule has 0 spiro atoms. The number of benzene rings is 2. The number of hydrogen-bond acceptors (Lipinski definition) is 7. The van der Waals surface area contributed by atoms with Gasteiger partial charge in [-0.05, 0) is 98.0 Å². The van der Waals surface area contributed by atoms with Crippen molar-refractivity contribution in [3.8, 4) is 39.3 Å². The van der Waals surface area contributed by atoms with Crippen LogP contribution < -0.4 is 16.2 Å². The minimum Gasteiger partial charge on any atom is -0.491 e. The lowest BCUT2D eigenvalue weighted by atomic mass is 9.95. The number of rotatable bonds is 10. The Kier molecular flexibility index (Phi) is 11.9. The van der Waals surface area contributed by atoms with E-state index in [0.29, 0.717) is 26.3 Å². The van der Waals surface area contributed by atoms with Crippen molar-refractivity contribution in [2.75, 3.05) is 26.3 Å². The zero-order chi connectivity index (χ0) is 33.3. The molecule has 0 saturated carbocycles. The number of ether oxygens (including phenoxy) is 2. The molecule has 8 nitrogen and oxygen atoms in total. The Balaban J connectivity index is 0.00000154. The number of amides is 1. The number of aryl methyl sites for hydroxylation is 2. The minimum atomic E-state index is -2.83. The summed E-state index contributed by atoms with van der Waals surface area (Å²) in [5.41, 5.74) is 18.9. The van der Waals surface area contributed by atoms with Gasteiger partial charge in [-0.1, -0.05) is 18.2 Å². The highest BCUT2D eigenvalue weighted by Gasteiger charge is 2.41. The summed E-state index contributed by atoms with van der Waals surface area (Å²) in [4.78, 5) is 19.9. The van der Waals surface area contributed by atoms with Crippen molar-refractivity contribution >= 4 is 6.41 Å². The number of hydrogen-bond donors (Lipinski definition) is 2. The third kappa shape index (κ3) is 9.38. The molecule has 1 aliphatic rings. The van der Waals surface area contributed by atoms with Crippen LogP contribution in [-0.2, 0) is 16.1 Å². The largest absolute Gasteiger partial charge is 0.491 e. The number of likely N-dealkylation sites (tertiary alicyclic amines) is 1. The van der Waals surface area contributed by atoms with E-state index < -0.39 is 12.0 Å². The summed E-state index contributed by atoms with van der Waals surface area (Å²) in [5.74, 6) is -2.03. The Morgan fingerprint density at radius 1 is 0.957 bits per heavy atom. The van der Waals surface area contributed by atoms with Crippen molar-refractivity contribution in [2.24, 2.45) is 11.5 Å². The average Bonchev–Trinajstić information content (AvgIpc) is 3.02. The molecule has 1 fully saturated rings. The predicted molar refractivity (Wildman–Crippen MR) is 177 cm³/mol. The van der Waals surface area contributed by atoms with Gasteiger partial charge in [-0.25, -0.2) is 8.78 Å². The van der Waals surface area contributed by atoms with E-state index in [1.165, 1.54) is 0 Å². The number of aromatic nitrogens is 2. The van der Waals surface area contributed by atoms with Gasteiger partial charge in [0.05, 0.1) is 24.4 Å². The summed E-state index contributed by atoms with van der Waals surface area (Å²) in [6, 6.07) is 19.3. The Morgan fingerprint density at radius 2 is 1.65 bits per heavy atom. The molecular formula is C36H43F2N5O3. The molecular weight excluding hydrogens is 588 g/mol. The van der Waals surface area contributed by atoms with Gasteiger partial charge in [-0.15, -0.1) is 0 Å². The molecule has 0 aliphatic carbocycles. The first kappa shape index (κ1) is 34.6. The zero-order valence-corrected chi connectivity index (χ0v) is 26.9. The molecule has 46 heavy (non-hydrogen) atoms. The summed E-state index contributed by atoms with van der Waals surface area (Å²) >= 11 is 0. The standard InChI is InChI=1S/C35H40F2N4O2.CH3NO/c1-23(2)42-13-14-43-31-9-7-27(8-10-31)32-18-33(40-19-24(32)3)30-16-26(21-41-12-11-35(36,37)34(38)22-41)15-29(17-30)28-6-5-25(4)39-20-28;2-1-3/h5-10,15-20,23,34H,11-14,21-22,38H2,1-4H3;1H,(H2,2,3). The normalized spacial score (nSPS) is 16.0. The van der Waals surface area contributed by atoms with Crippen molar-refractivity contribution < 1.29 is 23.0 Å². The van der Waals surface area contributed by atoms with Crippen molar-refractivity contribution in [3.63, 3.8) is 0 Å². The number of carbonyl (C=O) groups excluding carboxylic acids is 1. The van der Waals surface area contributed by atoms with E-state index in [4.69, 9.17) is 25.0 Å². The fourth-order valence-corrected chi connectivity index (χ4v) is 5.30. The van der Waals surface area contributed by atoms with Crippen LogP contribution in [0.1, 0.15) is 37.1 Å². The lowest BCUT2D eigenvalue weighted by Crippen LogP contribution is -2.54.